The van der Waals surface area contributed by atoms with Gasteiger partial charge >= 0.3 is 6.03 Å². The summed E-state index contributed by atoms with van der Waals surface area (Å²) in [5.41, 5.74) is 1.18. The van der Waals surface area contributed by atoms with Crippen LogP contribution in [0.5, 0.6) is 0 Å². The molecule has 0 unspecified atom stereocenters. The number of hydrogen-bond acceptors (Lipinski definition) is 1. The maximum absolute atomic E-state index is 11.2. The molecular weight excluding hydrogens is 176 g/mol. The van der Waals surface area contributed by atoms with E-state index in [1.807, 2.05) is 37.3 Å². The normalized spacial score (nSPS) is 26.5. The van der Waals surface area contributed by atoms with Gasteiger partial charge in [-0.3, -0.25) is 0 Å². The number of rotatable bonds is 1. The van der Waals surface area contributed by atoms with Crippen molar-refractivity contribution in [3.8, 4) is 0 Å². The van der Waals surface area contributed by atoms with Gasteiger partial charge in [-0.05, 0) is 18.9 Å². The van der Waals surface area contributed by atoms with Crippen molar-refractivity contribution in [3.63, 3.8) is 0 Å². The van der Waals surface area contributed by atoms with Crippen molar-refractivity contribution >= 4 is 6.03 Å². The number of amides is 2. The van der Waals surface area contributed by atoms with E-state index in [4.69, 9.17) is 0 Å². The molecule has 1 saturated heterocycles. The molecule has 2 amide bonds. The molecule has 74 valence electrons. The number of benzene rings is 1. The molecular formula is C11H14N2O. The standard InChI is InChI=1S/C11H14N2O/c1-8-7-10(13-11(14)12-8)9-5-3-2-4-6-9/h2-6,8,10H,7H2,1H3,(H2,12,13,14)/t8-,10-/m0/s1. The van der Waals surface area contributed by atoms with Crippen molar-refractivity contribution in [1.29, 1.82) is 0 Å². The van der Waals surface area contributed by atoms with Gasteiger partial charge in [0.05, 0.1) is 6.04 Å². The Hall–Kier alpha value is -1.51. The largest absolute Gasteiger partial charge is 0.336 e. The molecule has 2 rings (SSSR count). The first-order chi connectivity index (χ1) is 6.75. The van der Waals surface area contributed by atoms with E-state index in [0.717, 1.165) is 6.42 Å². The van der Waals surface area contributed by atoms with Gasteiger partial charge in [0.2, 0.25) is 0 Å². The average Bonchev–Trinajstić information content (AvgIpc) is 2.18. The second kappa shape index (κ2) is 3.70. The molecule has 0 radical (unpaired) electrons. The Morgan fingerprint density at radius 1 is 1.21 bits per heavy atom. The van der Waals surface area contributed by atoms with Crippen LogP contribution in [0, 0.1) is 0 Å². The quantitative estimate of drug-likeness (QED) is 0.696. The van der Waals surface area contributed by atoms with Crippen molar-refractivity contribution in [3.05, 3.63) is 35.9 Å². The first kappa shape index (κ1) is 9.06. The van der Waals surface area contributed by atoms with Crippen molar-refractivity contribution < 1.29 is 4.79 Å². The zero-order valence-corrected chi connectivity index (χ0v) is 8.16. The summed E-state index contributed by atoms with van der Waals surface area (Å²) >= 11 is 0. The van der Waals surface area contributed by atoms with E-state index >= 15 is 0 Å². The summed E-state index contributed by atoms with van der Waals surface area (Å²) in [4.78, 5) is 11.2. The number of urea groups is 1. The molecule has 1 aromatic carbocycles. The molecule has 0 aliphatic carbocycles. The van der Waals surface area contributed by atoms with E-state index in [2.05, 4.69) is 10.6 Å². The SMILES string of the molecule is C[C@H]1C[C@@H](c2ccccc2)NC(=O)N1. The van der Waals surface area contributed by atoms with Gasteiger partial charge in [-0.1, -0.05) is 30.3 Å². The lowest BCUT2D eigenvalue weighted by atomic mass is 9.98. The van der Waals surface area contributed by atoms with Crippen LogP contribution in [0.2, 0.25) is 0 Å². The third-order valence-electron chi connectivity index (χ3n) is 2.47. The smallest absolute Gasteiger partial charge is 0.315 e. The van der Waals surface area contributed by atoms with Gasteiger partial charge in [-0.15, -0.1) is 0 Å². The lowest BCUT2D eigenvalue weighted by molar-refractivity contribution is 0.221. The van der Waals surface area contributed by atoms with Crippen LogP contribution in [0.25, 0.3) is 0 Å². The topological polar surface area (TPSA) is 41.1 Å². The van der Waals surface area contributed by atoms with Crippen molar-refractivity contribution in [2.45, 2.75) is 25.4 Å². The molecule has 0 spiro atoms. The highest BCUT2D eigenvalue weighted by Crippen LogP contribution is 2.20. The number of carbonyl (C=O) groups excluding carboxylic acids is 1. The maximum Gasteiger partial charge on any atom is 0.315 e. The number of hydrogen-bond donors (Lipinski definition) is 2. The predicted molar refractivity (Wildman–Crippen MR) is 54.9 cm³/mol. The van der Waals surface area contributed by atoms with Crippen LogP contribution in [-0.2, 0) is 0 Å². The molecule has 1 aliphatic rings. The monoisotopic (exact) mass is 190 g/mol. The lowest BCUT2D eigenvalue weighted by Gasteiger charge is -2.29. The Kier molecular flexibility index (Phi) is 2.39. The summed E-state index contributed by atoms with van der Waals surface area (Å²) < 4.78 is 0. The van der Waals surface area contributed by atoms with E-state index < -0.39 is 0 Å². The molecule has 1 fully saturated rings. The minimum absolute atomic E-state index is 0.0717. The van der Waals surface area contributed by atoms with E-state index in [0.29, 0.717) is 0 Å². The fourth-order valence-corrected chi connectivity index (χ4v) is 1.80. The van der Waals surface area contributed by atoms with Crippen LogP contribution in [0.3, 0.4) is 0 Å². The molecule has 0 saturated carbocycles. The van der Waals surface area contributed by atoms with Crippen molar-refractivity contribution in [1.82, 2.24) is 10.6 Å². The molecule has 0 bridgehead atoms. The maximum atomic E-state index is 11.2. The number of carbonyl (C=O) groups is 1. The Bertz CT molecular complexity index is 323. The summed E-state index contributed by atoms with van der Waals surface area (Å²) in [5.74, 6) is 0. The molecule has 3 heteroatoms. The minimum Gasteiger partial charge on any atom is -0.336 e. The Morgan fingerprint density at radius 3 is 2.57 bits per heavy atom. The average molecular weight is 190 g/mol. The highest BCUT2D eigenvalue weighted by Gasteiger charge is 2.23. The lowest BCUT2D eigenvalue weighted by Crippen LogP contribution is -2.49. The summed E-state index contributed by atoms with van der Waals surface area (Å²) in [5, 5.41) is 5.74. The van der Waals surface area contributed by atoms with Gasteiger partial charge in [0.25, 0.3) is 0 Å². The fraction of sp³-hybridized carbons (Fsp3) is 0.364. The summed E-state index contributed by atoms with van der Waals surface area (Å²) in [7, 11) is 0. The molecule has 1 aliphatic heterocycles. The summed E-state index contributed by atoms with van der Waals surface area (Å²) in [6.45, 7) is 2.02. The zero-order valence-electron chi connectivity index (χ0n) is 8.16. The van der Waals surface area contributed by atoms with Gasteiger partial charge in [0, 0.05) is 6.04 Å². The van der Waals surface area contributed by atoms with Crippen LogP contribution in [0.1, 0.15) is 24.9 Å². The molecule has 2 atom stereocenters. The molecule has 1 aromatic rings. The van der Waals surface area contributed by atoms with Crippen molar-refractivity contribution in [2.24, 2.45) is 0 Å². The third kappa shape index (κ3) is 1.87. The fourth-order valence-electron chi connectivity index (χ4n) is 1.80. The Balaban J connectivity index is 2.15. The van der Waals surface area contributed by atoms with E-state index in [1.54, 1.807) is 0 Å². The first-order valence-corrected chi connectivity index (χ1v) is 4.87. The zero-order chi connectivity index (χ0) is 9.97. The molecule has 2 N–H and O–H groups in total. The summed E-state index contributed by atoms with van der Waals surface area (Å²) in [6, 6.07) is 10.4. The van der Waals surface area contributed by atoms with E-state index in [9.17, 15) is 4.79 Å². The van der Waals surface area contributed by atoms with Crippen LogP contribution in [-0.4, -0.2) is 12.1 Å². The molecule has 14 heavy (non-hydrogen) atoms. The number of nitrogens with one attached hydrogen (secondary N) is 2. The third-order valence-corrected chi connectivity index (χ3v) is 2.47. The van der Waals surface area contributed by atoms with E-state index in [-0.39, 0.29) is 18.1 Å². The highest BCUT2D eigenvalue weighted by molar-refractivity contribution is 5.75. The van der Waals surface area contributed by atoms with Crippen LogP contribution in [0.4, 0.5) is 4.79 Å². The van der Waals surface area contributed by atoms with Gasteiger partial charge in [-0.2, -0.15) is 0 Å². The molecule has 1 heterocycles. The second-order valence-electron chi connectivity index (χ2n) is 3.72. The Morgan fingerprint density at radius 2 is 1.93 bits per heavy atom. The summed E-state index contributed by atoms with van der Waals surface area (Å²) in [6.07, 6.45) is 0.940. The minimum atomic E-state index is -0.0717. The van der Waals surface area contributed by atoms with Crippen LogP contribution in [0.15, 0.2) is 30.3 Å². The van der Waals surface area contributed by atoms with Gasteiger partial charge < -0.3 is 10.6 Å². The molecule has 0 aromatic heterocycles. The predicted octanol–water partition coefficient (Wildman–Crippen LogP) is 1.82. The van der Waals surface area contributed by atoms with Crippen molar-refractivity contribution in [2.75, 3.05) is 0 Å². The van der Waals surface area contributed by atoms with Gasteiger partial charge in [0.1, 0.15) is 0 Å². The Labute approximate surface area is 83.5 Å². The van der Waals surface area contributed by atoms with Gasteiger partial charge in [-0.25, -0.2) is 4.79 Å². The van der Waals surface area contributed by atoms with Crippen LogP contribution >= 0.6 is 0 Å². The second-order valence-corrected chi connectivity index (χ2v) is 3.72. The van der Waals surface area contributed by atoms with Crippen LogP contribution < -0.4 is 10.6 Å². The van der Waals surface area contributed by atoms with E-state index in [1.165, 1.54) is 5.56 Å². The first-order valence-electron chi connectivity index (χ1n) is 4.87. The molecule has 3 nitrogen and oxygen atoms in total. The van der Waals surface area contributed by atoms with Gasteiger partial charge in [0.15, 0.2) is 0 Å². The highest BCUT2D eigenvalue weighted by atomic mass is 16.2.